The van der Waals surface area contributed by atoms with Crippen LogP contribution in [0.5, 0.6) is 5.75 Å². The Hall–Kier alpha value is -1.55. The van der Waals surface area contributed by atoms with Gasteiger partial charge in [0.15, 0.2) is 0 Å². The second-order valence-corrected chi connectivity index (χ2v) is 7.49. The fraction of sp³-hybridized carbons (Fsp3) is 0.650. The van der Waals surface area contributed by atoms with Gasteiger partial charge in [-0.2, -0.15) is 0 Å². The molecule has 2 saturated heterocycles. The van der Waals surface area contributed by atoms with E-state index >= 15 is 0 Å². The minimum Gasteiger partial charge on any atom is -0.493 e. The largest absolute Gasteiger partial charge is 0.493 e. The van der Waals surface area contributed by atoms with Gasteiger partial charge in [-0.1, -0.05) is 18.6 Å². The minimum absolute atomic E-state index is 0.0157. The maximum Gasteiger partial charge on any atom is 0.255 e. The van der Waals surface area contributed by atoms with E-state index in [9.17, 15) is 4.79 Å². The van der Waals surface area contributed by atoms with Gasteiger partial charge in [-0.25, -0.2) is 0 Å². The van der Waals surface area contributed by atoms with Gasteiger partial charge < -0.3 is 10.1 Å². The van der Waals surface area contributed by atoms with Crippen LogP contribution in [0.3, 0.4) is 0 Å². The number of rotatable bonds is 5. The van der Waals surface area contributed by atoms with Crippen LogP contribution >= 0.6 is 0 Å². The highest BCUT2D eigenvalue weighted by atomic mass is 16.5. The van der Waals surface area contributed by atoms with Crippen molar-refractivity contribution in [1.82, 2.24) is 10.2 Å². The summed E-state index contributed by atoms with van der Waals surface area (Å²) in [6, 6.07) is 10.1. The van der Waals surface area contributed by atoms with Gasteiger partial charge in [-0.3, -0.25) is 9.69 Å². The number of nitrogens with one attached hydrogen (secondary N) is 1. The predicted molar refractivity (Wildman–Crippen MR) is 94.4 cm³/mol. The van der Waals surface area contributed by atoms with E-state index in [0.717, 1.165) is 18.9 Å². The second-order valence-electron chi connectivity index (χ2n) is 7.49. The molecular weight excluding hydrogens is 300 g/mol. The summed E-state index contributed by atoms with van der Waals surface area (Å²) < 4.78 is 5.61. The van der Waals surface area contributed by atoms with E-state index < -0.39 is 0 Å². The molecule has 2 heterocycles. The molecule has 0 radical (unpaired) electrons. The van der Waals surface area contributed by atoms with Crippen molar-refractivity contribution in [1.29, 1.82) is 0 Å². The Labute approximate surface area is 144 Å². The Morgan fingerprint density at radius 2 is 1.83 bits per heavy atom. The van der Waals surface area contributed by atoms with Crippen molar-refractivity contribution >= 4 is 5.91 Å². The lowest BCUT2D eigenvalue weighted by molar-refractivity contribution is 0.0175. The van der Waals surface area contributed by atoms with E-state index in [0.29, 0.717) is 36.0 Å². The van der Waals surface area contributed by atoms with E-state index in [4.69, 9.17) is 4.74 Å². The van der Waals surface area contributed by atoms with Crippen molar-refractivity contribution < 1.29 is 9.53 Å². The molecule has 2 atom stereocenters. The zero-order valence-electron chi connectivity index (χ0n) is 14.5. The maximum atomic E-state index is 12.8. The van der Waals surface area contributed by atoms with Gasteiger partial charge in [0.05, 0.1) is 12.2 Å². The molecule has 0 unspecified atom stereocenters. The summed E-state index contributed by atoms with van der Waals surface area (Å²) in [6.07, 6.45) is 8.93. The monoisotopic (exact) mass is 328 g/mol. The van der Waals surface area contributed by atoms with Crippen LogP contribution < -0.4 is 10.1 Å². The molecule has 4 rings (SSSR count). The number of nitrogens with zero attached hydrogens (tertiary/aromatic N) is 1. The summed E-state index contributed by atoms with van der Waals surface area (Å²) in [6.45, 7) is 2.53. The number of amides is 1. The molecule has 4 heteroatoms. The average Bonchev–Trinajstić information content (AvgIpc) is 3.39. The molecule has 1 aromatic carbocycles. The number of carbonyl (C=O) groups is 1. The molecule has 0 spiro atoms. The molecule has 2 bridgehead atoms. The van der Waals surface area contributed by atoms with Crippen LogP contribution in [0.4, 0.5) is 0 Å². The van der Waals surface area contributed by atoms with E-state index in [1.165, 1.54) is 32.1 Å². The zero-order valence-corrected chi connectivity index (χ0v) is 14.5. The van der Waals surface area contributed by atoms with Crippen LogP contribution in [0.15, 0.2) is 24.3 Å². The highest BCUT2D eigenvalue weighted by Crippen LogP contribution is 2.42. The van der Waals surface area contributed by atoms with E-state index in [2.05, 4.69) is 10.2 Å². The van der Waals surface area contributed by atoms with Crippen LogP contribution in [0.2, 0.25) is 0 Å². The van der Waals surface area contributed by atoms with Gasteiger partial charge in [0.2, 0.25) is 0 Å². The van der Waals surface area contributed by atoms with Gasteiger partial charge in [-0.05, 0) is 57.6 Å². The van der Waals surface area contributed by atoms with Gasteiger partial charge in [-0.15, -0.1) is 0 Å². The number of benzene rings is 1. The molecule has 2 aliphatic heterocycles. The summed E-state index contributed by atoms with van der Waals surface area (Å²) in [4.78, 5) is 15.5. The van der Waals surface area contributed by atoms with Crippen LogP contribution in [-0.2, 0) is 0 Å². The molecule has 1 saturated carbocycles. The standard InChI is InChI=1S/C20H28N2O2/c1-2-24-19-9-4-3-8-18(19)20(23)21-14-12-16-6-5-7-17(13-14)22(16)15-10-11-15/h3-4,8-9,14-17H,2,5-7,10-13H2,1H3,(H,21,23)/t16-,17-/m0/s1. The number of piperidine rings is 2. The molecule has 1 aliphatic carbocycles. The van der Waals surface area contributed by atoms with Crippen molar-refractivity contribution in [2.24, 2.45) is 0 Å². The summed E-state index contributed by atoms with van der Waals surface area (Å²) >= 11 is 0. The number of hydrogen-bond acceptors (Lipinski definition) is 3. The molecule has 3 fully saturated rings. The van der Waals surface area contributed by atoms with E-state index in [1.54, 1.807) is 0 Å². The van der Waals surface area contributed by atoms with Gasteiger partial charge >= 0.3 is 0 Å². The number of ether oxygens (including phenoxy) is 1. The maximum absolute atomic E-state index is 12.8. The number of carbonyl (C=O) groups excluding carboxylic acids is 1. The third-order valence-electron chi connectivity index (χ3n) is 5.77. The summed E-state index contributed by atoms with van der Waals surface area (Å²) in [5.41, 5.74) is 0.661. The van der Waals surface area contributed by atoms with Crippen LogP contribution in [0.1, 0.15) is 62.2 Å². The topological polar surface area (TPSA) is 41.6 Å². The van der Waals surface area contributed by atoms with E-state index in [1.807, 2.05) is 31.2 Å². The summed E-state index contributed by atoms with van der Waals surface area (Å²) in [7, 11) is 0. The van der Waals surface area contributed by atoms with Crippen molar-refractivity contribution in [3.8, 4) is 5.75 Å². The zero-order chi connectivity index (χ0) is 16.5. The van der Waals surface area contributed by atoms with Crippen LogP contribution in [-0.4, -0.2) is 41.6 Å². The lowest BCUT2D eigenvalue weighted by Gasteiger charge is -2.49. The van der Waals surface area contributed by atoms with Gasteiger partial charge in [0, 0.05) is 24.2 Å². The first-order valence-electron chi connectivity index (χ1n) is 9.56. The van der Waals surface area contributed by atoms with Crippen LogP contribution in [0.25, 0.3) is 0 Å². The number of fused-ring (bicyclic) bond motifs is 2. The Morgan fingerprint density at radius 1 is 1.12 bits per heavy atom. The molecule has 24 heavy (non-hydrogen) atoms. The summed E-state index contributed by atoms with van der Waals surface area (Å²) in [5.74, 6) is 0.704. The minimum atomic E-state index is 0.0157. The average molecular weight is 328 g/mol. The lowest BCUT2D eigenvalue weighted by atomic mass is 9.81. The third-order valence-corrected chi connectivity index (χ3v) is 5.77. The molecule has 1 amide bonds. The van der Waals surface area contributed by atoms with Gasteiger partial charge in [0.1, 0.15) is 5.75 Å². The first-order chi connectivity index (χ1) is 11.8. The van der Waals surface area contributed by atoms with Crippen molar-refractivity contribution in [3.63, 3.8) is 0 Å². The Bertz CT molecular complexity index is 585. The molecular formula is C20H28N2O2. The normalized spacial score (nSPS) is 30.0. The van der Waals surface area contributed by atoms with Crippen molar-refractivity contribution in [2.45, 2.75) is 76.0 Å². The highest BCUT2D eigenvalue weighted by molar-refractivity contribution is 5.97. The third kappa shape index (κ3) is 3.16. The molecule has 0 aromatic heterocycles. The molecule has 1 aromatic rings. The highest BCUT2D eigenvalue weighted by Gasteiger charge is 2.45. The SMILES string of the molecule is CCOc1ccccc1C(=O)NC1C[C@@H]2CCC[C@@H](C1)N2C1CC1. The van der Waals surface area contributed by atoms with Gasteiger partial charge in [0.25, 0.3) is 5.91 Å². The fourth-order valence-corrected chi connectivity index (χ4v) is 4.70. The molecule has 3 aliphatic rings. The smallest absolute Gasteiger partial charge is 0.255 e. The van der Waals surface area contributed by atoms with Crippen LogP contribution in [0, 0.1) is 0 Å². The quantitative estimate of drug-likeness (QED) is 0.901. The molecule has 1 N–H and O–H groups in total. The van der Waals surface area contributed by atoms with E-state index in [-0.39, 0.29) is 5.91 Å². The summed E-state index contributed by atoms with van der Waals surface area (Å²) in [5, 5.41) is 3.30. The molecule has 130 valence electrons. The molecule has 4 nitrogen and oxygen atoms in total. The number of para-hydroxylation sites is 1. The fourth-order valence-electron chi connectivity index (χ4n) is 4.70. The predicted octanol–water partition coefficient (Wildman–Crippen LogP) is 3.36. The Kier molecular flexibility index (Phi) is 4.49. The first-order valence-corrected chi connectivity index (χ1v) is 9.56. The van der Waals surface area contributed by atoms with Crippen molar-refractivity contribution in [2.75, 3.05) is 6.61 Å². The lowest BCUT2D eigenvalue weighted by Crippen LogP contribution is -2.57. The second kappa shape index (κ2) is 6.75. The first kappa shape index (κ1) is 15.9. The van der Waals surface area contributed by atoms with Crippen molar-refractivity contribution in [3.05, 3.63) is 29.8 Å². The Balaban J connectivity index is 1.43. The Morgan fingerprint density at radius 3 is 2.50 bits per heavy atom. The number of hydrogen-bond donors (Lipinski definition) is 1.